The fourth-order valence-electron chi connectivity index (χ4n) is 3.05. The quantitative estimate of drug-likeness (QED) is 0.731. The molecule has 1 N–H and O–H groups in total. The van der Waals surface area contributed by atoms with Gasteiger partial charge in [0.05, 0.1) is 6.07 Å². The number of hydrogen-bond donors (Lipinski definition) is 1. The van der Waals surface area contributed by atoms with Crippen LogP contribution in [0.15, 0.2) is 24.3 Å². The van der Waals surface area contributed by atoms with E-state index < -0.39 is 24.0 Å². The Morgan fingerprint density at radius 2 is 1.96 bits per heavy atom. The first-order chi connectivity index (χ1) is 13.5. The zero-order chi connectivity index (χ0) is 20.0. The highest BCUT2D eigenvalue weighted by Crippen LogP contribution is 2.27. The number of halogens is 1. The van der Waals surface area contributed by atoms with Gasteiger partial charge in [-0.05, 0) is 42.3 Å². The molecule has 1 fully saturated rings. The second-order valence-corrected chi connectivity index (χ2v) is 7.05. The molecule has 1 saturated carbocycles. The average Bonchev–Trinajstić information content (AvgIpc) is 3.16. The summed E-state index contributed by atoms with van der Waals surface area (Å²) in [5, 5.41) is 24.4. The molecular formula is C18H19ClN6O3. The Morgan fingerprint density at radius 3 is 2.64 bits per heavy atom. The summed E-state index contributed by atoms with van der Waals surface area (Å²) in [5.74, 6) is -0.828. The fraction of sp³-hybridized carbons (Fsp3) is 0.444. The largest absolute Gasteiger partial charge is 0.454 e. The molecule has 10 heteroatoms. The fourth-order valence-corrected chi connectivity index (χ4v) is 3.18. The van der Waals surface area contributed by atoms with Crippen LogP contribution in [0, 0.1) is 11.3 Å². The SMILES string of the molecule is N#CC1(NC(=O)COC(=O)Cn2nnc(-c3ccc(Cl)cc3)n2)CCCCC1. The number of amides is 1. The van der Waals surface area contributed by atoms with Crippen LogP contribution in [0.1, 0.15) is 32.1 Å². The number of nitrogens with one attached hydrogen (secondary N) is 1. The standard InChI is InChI=1S/C18H19ClN6O3/c19-14-6-4-13(5-7-14)17-22-24-25(23-17)10-16(27)28-11-15(26)21-18(12-20)8-2-1-3-9-18/h4-7H,1-3,8-11H2,(H,21,26). The van der Waals surface area contributed by atoms with Gasteiger partial charge in [-0.15, -0.1) is 10.2 Å². The number of carbonyl (C=O) groups excluding carboxylic acids is 2. The van der Waals surface area contributed by atoms with Gasteiger partial charge in [-0.25, -0.2) is 4.79 Å². The van der Waals surface area contributed by atoms with E-state index in [4.69, 9.17) is 16.3 Å². The van der Waals surface area contributed by atoms with Crippen molar-refractivity contribution in [3.05, 3.63) is 29.3 Å². The van der Waals surface area contributed by atoms with Crippen molar-refractivity contribution in [1.29, 1.82) is 5.26 Å². The zero-order valence-electron chi connectivity index (χ0n) is 15.1. The van der Waals surface area contributed by atoms with Crippen LogP contribution in [-0.2, 0) is 20.9 Å². The molecule has 0 bridgehead atoms. The third-order valence-electron chi connectivity index (χ3n) is 4.49. The molecule has 28 heavy (non-hydrogen) atoms. The van der Waals surface area contributed by atoms with Crippen LogP contribution in [0.25, 0.3) is 11.4 Å². The molecule has 1 aromatic carbocycles. The number of nitriles is 1. The topological polar surface area (TPSA) is 123 Å². The number of carbonyl (C=O) groups is 2. The maximum Gasteiger partial charge on any atom is 0.330 e. The highest BCUT2D eigenvalue weighted by Gasteiger charge is 2.33. The van der Waals surface area contributed by atoms with Gasteiger partial charge >= 0.3 is 5.97 Å². The van der Waals surface area contributed by atoms with Crippen LogP contribution in [0.4, 0.5) is 0 Å². The van der Waals surface area contributed by atoms with E-state index in [0.29, 0.717) is 29.3 Å². The first kappa shape index (κ1) is 19.8. The molecule has 1 heterocycles. The van der Waals surface area contributed by atoms with Crippen LogP contribution < -0.4 is 5.32 Å². The predicted octanol–water partition coefficient (Wildman–Crippen LogP) is 1.88. The third kappa shape index (κ3) is 5.04. The molecule has 2 aromatic rings. The van der Waals surface area contributed by atoms with Gasteiger partial charge in [0, 0.05) is 10.6 Å². The van der Waals surface area contributed by atoms with Gasteiger partial charge < -0.3 is 10.1 Å². The number of benzene rings is 1. The summed E-state index contributed by atoms with van der Waals surface area (Å²) in [4.78, 5) is 25.1. The van der Waals surface area contributed by atoms with E-state index in [0.717, 1.165) is 24.1 Å². The zero-order valence-corrected chi connectivity index (χ0v) is 15.9. The molecule has 0 saturated heterocycles. The van der Waals surface area contributed by atoms with E-state index in [9.17, 15) is 14.9 Å². The van der Waals surface area contributed by atoms with Crippen molar-refractivity contribution in [2.45, 2.75) is 44.2 Å². The monoisotopic (exact) mass is 402 g/mol. The molecule has 0 radical (unpaired) electrons. The Hall–Kier alpha value is -2.99. The molecule has 3 rings (SSSR count). The molecule has 146 valence electrons. The van der Waals surface area contributed by atoms with Crippen molar-refractivity contribution in [1.82, 2.24) is 25.5 Å². The lowest BCUT2D eigenvalue weighted by molar-refractivity contribution is -0.150. The average molecular weight is 403 g/mol. The summed E-state index contributed by atoms with van der Waals surface area (Å²) >= 11 is 5.84. The van der Waals surface area contributed by atoms with Gasteiger partial charge in [-0.3, -0.25) is 4.79 Å². The summed E-state index contributed by atoms with van der Waals surface area (Å²) in [6.45, 7) is -0.738. The first-order valence-electron chi connectivity index (χ1n) is 8.91. The van der Waals surface area contributed by atoms with Gasteiger partial charge in [0.25, 0.3) is 5.91 Å². The van der Waals surface area contributed by atoms with E-state index in [1.165, 1.54) is 0 Å². The Bertz CT molecular complexity index is 883. The van der Waals surface area contributed by atoms with Gasteiger partial charge in [0.1, 0.15) is 5.54 Å². The van der Waals surface area contributed by atoms with Gasteiger partial charge in [-0.1, -0.05) is 30.9 Å². The molecule has 1 aliphatic carbocycles. The second kappa shape index (κ2) is 8.80. The number of nitrogens with zero attached hydrogens (tertiary/aromatic N) is 5. The van der Waals surface area contributed by atoms with Crippen molar-refractivity contribution < 1.29 is 14.3 Å². The summed E-state index contributed by atoms with van der Waals surface area (Å²) in [7, 11) is 0. The molecule has 0 atom stereocenters. The summed E-state index contributed by atoms with van der Waals surface area (Å²) < 4.78 is 4.96. The molecule has 1 aliphatic rings. The Balaban J connectivity index is 1.48. The number of esters is 1. The molecule has 1 aromatic heterocycles. The van der Waals surface area contributed by atoms with Crippen LogP contribution in [0.3, 0.4) is 0 Å². The number of hydrogen-bond acceptors (Lipinski definition) is 7. The molecule has 1 amide bonds. The van der Waals surface area contributed by atoms with Gasteiger partial charge in [-0.2, -0.15) is 10.1 Å². The highest BCUT2D eigenvalue weighted by molar-refractivity contribution is 6.30. The number of ether oxygens (including phenoxy) is 1. The maximum absolute atomic E-state index is 12.0. The second-order valence-electron chi connectivity index (χ2n) is 6.61. The summed E-state index contributed by atoms with van der Waals surface area (Å²) in [6.07, 6.45) is 4.05. The lowest BCUT2D eigenvalue weighted by Gasteiger charge is -2.31. The molecule has 0 aliphatic heterocycles. The minimum Gasteiger partial charge on any atom is -0.454 e. The Labute approximate surface area is 166 Å². The molecular weight excluding hydrogens is 384 g/mol. The maximum atomic E-state index is 12.0. The third-order valence-corrected chi connectivity index (χ3v) is 4.74. The van der Waals surface area contributed by atoms with Crippen LogP contribution >= 0.6 is 11.6 Å². The summed E-state index contributed by atoms with van der Waals surface area (Å²) in [6, 6.07) is 9.06. The van der Waals surface area contributed by atoms with Crippen molar-refractivity contribution in [2.24, 2.45) is 0 Å². The minimum atomic E-state index is -0.858. The van der Waals surface area contributed by atoms with Gasteiger partial charge in [0.15, 0.2) is 13.2 Å². The first-order valence-corrected chi connectivity index (χ1v) is 9.29. The highest BCUT2D eigenvalue weighted by atomic mass is 35.5. The molecule has 9 nitrogen and oxygen atoms in total. The van der Waals surface area contributed by atoms with E-state index in [2.05, 4.69) is 26.8 Å². The molecule has 0 unspecified atom stereocenters. The van der Waals surface area contributed by atoms with E-state index in [1.54, 1.807) is 24.3 Å². The van der Waals surface area contributed by atoms with E-state index in [-0.39, 0.29) is 6.54 Å². The van der Waals surface area contributed by atoms with Crippen molar-refractivity contribution in [2.75, 3.05) is 6.61 Å². The Morgan fingerprint density at radius 1 is 1.25 bits per heavy atom. The van der Waals surface area contributed by atoms with Crippen molar-refractivity contribution in [3.63, 3.8) is 0 Å². The number of tetrazole rings is 1. The van der Waals surface area contributed by atoms with Gasteiger partial charge in [0.2, 0.25) is 5.82 Å². The normalized spacial score (nSPS) is 15.4. The van der Waals surface area contributed by atoms with Crippen molar-refractivity contribution >= 4 is 23.5 Å². The lowest BCUT2D eigenvalue weighted by Crippen LogP contribution is -2.50. The molecule has 0 spiro atoms. The number of aromatic nitrogens is 4. The van der Waals surface area contributed by atoms with Crippen molar-refractivity contribution in [3.8, 4) is 17.5 Å². The van der Waals surface area contributed by atoms with E-state index in [1.807, 2.05) is 0 Å². The predicted molar refractivity (Wildman–Crippen MR) is 98.8 cm³/mol. The summed E-state index contributed by atoms with van der Waals surface area (Å²) in [5.41, 5.74) is -0.152. The number of rotatable bonds is 6. The lowest BCUT2D eigenvalue weighted by atomic mass is 9.83. The van der Waals surface area contributed by atoms with Crippen LogP contribution in [0.2, 0.25) is 5.02 Å². The smallest absolute Gasteiger partial charge is 0.330 e. The van der Waals surface area contributed by atoms with Crippen LogP contribution in [-0.4, -0.2) is 44.2 Å². The van der Waals surface area contributed by atoms with E-state index >= 15 is 0 Å². The van der Waals surface area contributed by atoms with Crippen LogP contribution in [0.5, 0.6) is 0 Å². The Kier molecular flexibility index (Phi) is 6.21. The minimum absolute atomic E-state index is 0.280.